The van der Waals surface area contributed by atoms with Crippen molar-refractivity contribution in [1.29, 1.82) is 0 Å². The molecule has 1 aliphatic rings. The average Bonchev–Trinajstić information content (AvgIpc) is 3.30. The van der Waals surface area contributed by atoms with Gasteiger partial charge in [0.2, 0.25) is 5.82 Å². The number of fused-ring (bicyclic) bond motifs is 1. The Kier molecular flexibility index (Phi) is 7.73. The number of halogens is 3. The second-order valence-electron chi connectivity index (χ2n) is 8.21. The molecule has 0 radical (unpaired) electrons. The van der Waals surface area contributed by atoms with Crippen LogP contribution in [0.5, 0.6) is 5.75 Å². The van der Waals surface area contributed by atoms with E-state index in [1.54, 1.807) is 25.3 Å². The van der Waals surface area contributed by atoms with Gasteiger partial charge < -0.3 is 19.7 Å². The van der Waals surface area contributed by atoms with Crippen molar-refractivity contribution in [3.05, 3.63) is 52.6 Å². The zero-order valence-corrected chi connectivity index (χ0v) is 21.1. The maximum atomic E-state index is 13.3. The molecule has 0 spiro atoms. The molecule has 1 N–H and O–H groups in total. The highest BCUT2D eigenvalue weighted by Gasteiger charge is 2.34. The minimum atomic E-state index is -4.66. The molecule has 4 rings (SSSR count). The molecule has 0 aliphatic carbocycles. The van der Waals surface area contributed by atoms with Crippen molar-refractivity contribution in [2.24, 2.45) is 0 Å². The van der Waals surface area contributed by atoms with Crippen LogP contribution in [0.3, 0.4) is 0 Å². The van der Waals surface area contributed by atoms with Crippen LogP contribution in [0, 0.1) is 6.92 Å². The summed E-state index contributed by atoms with van der Waals surface area (Å²) in [5, 5.41) is 3.37. The maximum absolute atomic E-state index is 13.3. The number of amides is 2. The number of benzene rings is 1. The molecule has 1 aliphatic heterocycles. The molecule has 0 saturated heterocycles. The van der Waals surface area contributed by atoms with Crippen LogP contribution in [-0.2, 0) is 15.7 Å². The van der Waals surface area contributed by atoms with E-state index in [1.165, 1.54) is 16.2 Å². The third kappa shape index (κ3) is 5.88. The highest BCUT2D eigenvalue weighted by molar-refractivity contribution is 7.15. The Morgan fingerprint density at radius 3 is 2.59 bits per heavy atom. The van der Waals surface area contributed by atoms with Crippen LogP contribution in [0.4, 0.5) is 18.9 Å². The largest absolute Gasteiger partial charge is 0.481 e. The molecule has 0 unspecified atom stereocenters. The molecule has 0 bridgehead atoms. The first kappa shape index (κ1) is 26.5. The number of aryl methyl sites for hydroxylation is 1. The molecule has 3 heterocycles. The molecule has 2 aromatic heterocycles. The summed E-state index contributed by atoms with van der Waals surface area (Å²) >= 11 is 1.41. The number of hydrogen-bond donors (Lipinski definition) is 1. The second kappa shape index (κ2) is 10.8. The molecular formula is C24H24F3N5O4S. The van der Waals surface area contributed by atoms with Gasteiger partial charge in [0.25, 0.3) is 11.8 Å². The van der Waals surface area contributed by atoms with Crippen molar-refractivity contribution < 1.29 is 32.2 Å². The van der Waals surface area contributed by atoms with E-state index in [1.807, 2.05) is 13.8 Å². The highest BCUT2D eigenvalue weighted by Crippen LogP contribution is 2.43. The van der Waals surface area contributed by atoms with Gasteiger partial charge in [-0.15, -0.1) is 11.3 Å². The SMILES string of the molecule is CCOCCN1C(=O)COc2c(-c3ncc(C)s3)cc(C(=O)N[C@H](C)c3cnc(C(F)(F)F)nc3)cc21. The summed E-state index contributed by atoms with van der Waals surface area (Å²) in [5.41, 5.74) is 1.49. The minimum absolute atomic E-state index is 0.160. The number of hydrogen-bond acceptors (Lipinski definition) is 8. The quantitative estimate of drug-likeness (QED) is 0.432. The summed E-state index contributed by atoms with van der Waals surface area (Å²) in [6.45, 7) is 6.25. The van der Waals surface area contributed by atoms with Gasteiger partial charge in [-0.05, 0) is 32.9 Å². The molecule has 37 heavy (non-hydrogen) atoms. The normalized spacial score (nSPS) is 14.2. The number of carbonyl (C=O) groups is 2. The van der Waals surface area contributed by atoms with Gasteiger partial charge in [-0.2, -0.15) is 13.2 Å². The van der Waals surface area contributed by atoms with Gasteiger partial charge in [0.1, 0.15) is 5.01 Å². The molecule has 1 atom stereocenters. The lowest BCUT2D eigenvalue weighted by atomic mass is 10.0. The monoisotopic (exact) mass is 535 g/mol. The Balaban J connectivity index is 1.67. The van der Waals surface area contributed by atoms with Crippen molar-refractivity contribution in [3.8, 4) is 16.3 Å². The van der Waals surface area contributed by atoms with Crippen molar-refractivity contribution in [2.75, 3.05) is 31.3 Å². The van der Waals surface area contributed by atoms with Gasteiger partial charge in [-0.3, -0.25) is 9.59 Å². The number of nitrogens with one attached hydrogen (secondary N) is 1. The number of carbonyl (C=O) groups excluding carboxylic acids is 2. The number of rotatable bonds is 8. The fourth-order valence-corrected chi connectivity index (χ4v) is 4.48. The van der Waals surface area contributed by atoms with Gasteiger partial charge in [-0.25, -0.2) is 15.0 Å². The zero-order valence-electron chi connectivity index (χ0n) is 20.3. The van der Waals surface area contributed by atoms with Crippen molar-refractivity contribution in [2.45, 2.75) is 33.0 Å². The number of anilines is 1. The highest BCUT2D eigenvalue weighted by atomic mass is 32.1. The van der Waals surface area contributed by atoms with Gasteiger partial charge in [0.05, 0.1) is 23.9 Å². The molecule has 2 amide bonds. The van der Waals surface area contributed by atoms with Gasteiger partial charge in [0, 0.05) is 47.7 Å². The van der Waals surface area contributed by atoms with E-state index in [9.17, 15) is 22.8 Å². The smallest absolute Gasteiger partial charge is 0.451 e. The first-order chi connectivity index (χ1) is 17.6. The van der Waals surface area contributed by atoms with E-state index in [-0.39, 0.29) is 24.6 Å². The third-order valence-corrected chi connectivity index (χ3v) is 6.50. The molecule has 13 heteroatoms. The lowest BCUT2D eigenvalue weighted by molar-refractivity contribution is -0.145. The molecular weight excluding hydrogens is 511 g/mol. The topological polar surface area (TPSA) is 107 Å². The molecule has 0 saturated carbocycles. The Hall–Kier alpha value is -3.58. The molecule has 0 fully saturated rings. The van der Waals surface area contributed by atoms with Crippen LogP contribution in [0.25, 0.3) is 10.6 Å². The van der Waals surface area contributed by atoms with Crippen LogP contribution in [0.1, 0.15) is 46.5 Å². The van der Waals surface area contributed by atoms with Crippen LogP contribution >= 0.6 is 11.3 Å². The van der Waals surface area contributed by atoms with Gasteiger partial charge >= 0.3 is 6.18 Å². The summed E-state index contributed by atoms with van der Waals surface area (Å²) in [6, 6.07) is 2.48. The Labute approximate surface area is 214 Å². The van der Waals surface area contributed by atoms with Crippen molar-refractivity contribution in [3.63, 3.8) is 0 Å². The molecule has 1 aromatic carbocycles. The summed E-state index contributed by atoms with van der Waals surface area (Å²) in [6.07, 6.45) is -0.905. The van der Waals surface area contributed by atoms with Gasteiger partial charge in [-0.1, -0.05) is 0 Å². The molecule has 9 nitrogen and oxygen atoms in total. The number of nitrogens with zero attached hydrogens (tertiary/aromatic N) is 4. The molecule has 3 aromatic rings. The lowest BCUT2D eigenvalue weighted by Gasteiger charge is -2.31. The maximum Gasteiger partial charge on any atom is 0.451 e. The van der Waals surface area contributed by atoms with Gasteiger partial charge in [0.15, 0.2) is 12.4 Å². The van der Waals surface area contributed by atoms with E-state index < -0.39 is 23.9 Å². The lowest BCUT2D eigenvalue weighted by Crippen LogP contribution is -2.41. The molecule has 196 valence electrons. The standard InChI is InChI=1S/C24H24F3N5O4S/c1-4-35-6-5-32-18-8-15(7-17(20(18)36-12-19(32)33)22-28-9-13(2)37-22)21(34)31-14(3)16-10-29-23(30-11-16)24(25,26)27/h7-11,14H,4-6,12H2,1-3H3,(H,31,34)/t14-/m1/s1. The van der Waals surface area contributed by atoms with Crippen LogP contribution < -0.4 is 15.0 Å². The van der Waals surface area contributed by atoms with Crippen molar-refractivity contribution in [1.82, 2.24) is 20.3 Å². The predicted octanol–water partition coefficient (Wildman–Crippen LogP) is 4.18. The van der Waals surface area contributed by atoms with E-state index in [0.29, 0.717) is 40.8 Å². The van der Waals surface area contributed by atoms with Crippen LogP contribution in [-0.4, -0.2) is 53.1 Å². The van der Waals surface area contributed by atoms with E-state index in [4.69, 9.17) is 9.47 Å². The minimum Gasteiger partial charge on any atom is -0.481 e. The van der Waals surface area contributed by atoms with E-state index >= 15 is 0 Å². The van der Waals surface area contributed by atoms with E-state index in [2.05, 4.69) is 20.3 Å². The number of thiazole rings is 1. The predicted molar refractivity (Wildman–Crippen MR) is 130 cm³/mol. The first-order valence-electron chi connectivity index (χ1n) is 11.4. The number of aromatic nitrogens is 3. The first-order valence-corrected chi connectivity index (χ1v) is 12.2. The Morgan fingerprint density at radius 1 is 1.24 bits per heavy atom. The fourth-order valence-electron chi connectivity index (χ4n) is 3.70. The summed E-state index contributed by atoms with van der Waals surface area (Å²) < 4.78 is 49.5. The Bertz CT molecular complexity index is 1300. The number of ether oxygens (including phenoxy) is 2. The summed E-state index contributed by atoms with van der Waals surface area (Å²) in [7, 11) is 0. The third-order valence-electron chi connectivity index (χ3n) is 5.55. The summed E-state index contributed by atoms with van der Waals surface area (Å²) in [5.74, 6) is -1.61. The van der Waals surface area contributed by atoms with E-state index in [0.717, 1.165) is 17.3 Å². The zero-order chi connectivity index (χ0) is 26.7. The van der Waals surface area contributed by atoms with Crippen LogP contribution in [0.15, 0.2) is 30.7 Å². The second-order valence-corrected chi connectivity index (χ2v) is 9.45. The summed E-state index contributed by atoms with van der Waals surface area (Å²) in [4.78, 5) is 39.5. The Morgan fingerprint density at radius 2 is 1.97 bits per heavy atom. The van der Waals surface area contributed by atoms with Crippen LogP contribution in [0.2, 0.25) is 0 Å². The average molecular weight is 536 g/mol. The van der Waals surface area contributed by atoms with Crippen molar-refractivity contribution >= 4 is 28.8 Å². The number of alkyl halides is 3. The fraction of sp³-hybridized carbons (Fsp3) is 0.375.